The van der Waals surface area contributed by atoms with E-state index in [-0.39, 0.29) is 5.92 Å². The number of aliphatic hydroxyl groups excluding tert-OH is 1. The Morgan fingerprint density at radius 2 is 1.92 bits per heavy atom. The lowest BCUT2D eigenvalue weighted by Crippen LogP contribution is -2.44. The second-order valence-electron chi connectivity index (χ2n) is 3.40. The molecule has 0 aromatic heterocycles. The van der Waals surface area contributed by atoms with Gasteiger partial charge in [0.1, 0.15) is 0 Å². The number of carboxylic acids is 1. The maximum atomic E-state index is 10.4. The van der Waals surface area contributed by atoms with Crippen LogP contribution >= 0.6 is 0 Å². The second kappa shape index (κ2) is 3.87. The molecule has 1 fully saturated rings. The molecule has 2 atom stereocenters. The number of nitrogens with two attached hydrogens (primary N) is 1. The molecule has 4 heteroatoms. The molecule has 0 aromatic rings. The van der Waals surface area contributed by atoms with Crippen molar-refractivity contribution < 1.29 is 15.0 Å². The van der Waals surface area contributed by atoms with Crippen LogP contribution in [0.3, 0.4) is 0 Å². The summed E-state index contributed by atoms with van der Waals surface area (Å²) in [6, 6.07) is -0.593. The third-order valence-electron chi connectivity index (χ3n) is 2.56. The van der Waals surface area contributed by atoms with Gasteiger partial charge in [-0.2, -0.15) is 0 Å². The van der Waals surface area contributed by atoms with Gasteiger partial charge in [0.05, 0.1) is 0 Å². The first-order valence-electron chi connectivity index (χ1n) is 4.29. The van der Waals surface area contributed by atoms with Crippen molar-refractivity contribution in [2.75, 3.05) is 0 Å². The molecule has 1 saturated carbocycles. The van der Waals surface area contributed by atoms with E-state index >= 15 is 0 Å². The fourth-order valence-corrected chi connectivity index (χ4v) is 1.76. The molecule has 0 aromatic carbocycles. The van der Waals surface area contributed by atoms with Gasteiger partial charge < -0.3 is 15.9 Å². The van der Waals surface area contributed by atoms with Gasteiger partial charge in [0.15, 0.2) is 6.10 Å². The summed E-state index contributed by atoms with van der Waals surface area (Å²) < 4.78 is 0. The minimum atomic E-state index is -1.40. The fourth-order valence-electron chi connectivity index (χ4n) is 1.76. The lowest BCUT2D eigenvalue weighted by Gasteiger charge is -2.21. The largest absolute Gasteiger partial charge is 0.479 e. The van der Waals surface area contributed by atoms with Gasteiger partial charge in [-0.25, -0.2) is 4.79 Å². The van der Waals surface area contributed by atoms with Gasteiger partial charge in [-0.3, -0.25) is 0 Å². The van der Waals surface area contributed by atoms with Gasteiger partial charge in [0.25, 0.3) is 0 Å². The van der Waals surface area contributed by atoms with Crippen LogP contribution in [0.4, 0.5) is 0 Å². The quantitative estimate of drug-likeness (QED) is 0.558. The maximum absolute atomic E-state index is 10.4. The number of carbonyl (C=O) groups is 1. The Bertz CT molecular complexity index is 166. The summed E-state index contributed by atoms with van der Waals surface area (Å²) in [5, 5.41) is 17.6. The first kappa shape index (κ1) is 9.48. The number of aliphatic hydroxyl groups is 1. The van der Waals surface area contributed by atoms with Crippen molar-refractivity contribution in [3.8, 4) is 0 Å². The van der Waals surface area contributed by atoms with E-state index in [9.17, 15) is 4.79 Å². The summed E-state index contributed by atoms with van der Waals surface area (Å²) in [5.41, 5.74) is 5.59. The molecule has 12 heavy (non-hydrogen) atoms. The Morgan fingerprint density at radius 1 is 1.42 bits per heavy atom. The van der Waals surface area contributed by atoms with Gasteiger partial charge in [-0.1, -0.05) is 12.8 Å². The predicted octanol–water partition coefficient (Wildman–Crippen LogP) is -0.0506. The van der Waals surface area contributed by atoms with Crippen molar-refractivity contribution in [3.63, 3.8) is 0 Å². The zero-order chi connectivity index (χ0) is 9.14. The molecule has 4 N–H and O–H groups in total. The number of hydrogen-bond donors (Lipinski definition) is 3. The van der Waals surface area contributed by atoms with Crippen molar-refractivity contribution in [2.45, 2.75) is 37.8 Å². The van der Waals surface area contributed by atoms with Gasteiger partial charge >= 0.3 is 5.97 Å². The summed E-state index contributed by atoms with van der Waals surface area (Å²) in [7, 11) is 0. The van der Waals surface area contributed by atoms with E-state index in [1.165, 1.54) is 0 Å². The summed E-state index contributed by atoms with van der Waals surface area (Å²) in [6.45, 7) is 0. The van der Waals surface area contributed by atoms with E-state index in [0.717, 1.165) is 25.7 Å². The van der Waals surface area contributed by atoms with E-state index in [1.807, 2.05) is 0 Å². The number of hydrogen-bond acceptors (Lipinski definition) is 3. The minimum Gasteiger partial charge on any atom is -0.479 e. The Balaban J connectivity index is 2.44. The van der Waals surface area contributed by atoms with Gasteiger partial charge in [-0.15, -0.1) is 0 Å². The van der Waals surface area contributed by atoms with Crippen LogP contribution in [0.5, 0.6) is 0 Å². The molecule has 4 nitrogen and oxygen atoms in total. The molecule has 0 unspecified atom stereocenters. The molecule has 70 valence electrons. The predicted molar refractivity (Wildman–Crippen MR) is 43.6 cm³/mol. The average molecular weight is 173 g/mol. The van der Waals surface area contributed by atoms with Crippen LogP contribution in [0.2, 0.25) is 0 Å². The van der Waals surface area contributed by atoms with Crippen LogP contribution in [0.15, 0.2) is 0 Å². The maximum Gasteiger partial charge on any atom is 0.334 e. The van der Waals surface area contributed by atoms with Gasteiger partial charge in [-0.05, 0) is 18.8 Å². The topological polar surface area (TPSA) is 83.5 Å². The Hall–Kier alpha value is -0.610. The molecule has 0 aliphatic heterocycles. The highest BCUT2D eigenvalue weighted by atomic mass is 16.4. The van der Waals surface area contributed by atoms with E-state index in [1.54, 1.807) is 0 Å². The molecule has 0 spiro atoms. The van der Waals surface area contributed by atoms with Crippen LogP contribution in [-0.4, -0.2) is 28.3 Å². The van der Waals surface area contributed by atoms with Gasteiger partial charge in [0.2, 0.25) is 0 Å². The van der Waals surface area contributed by atoms with Crippen molar-refractivity contribution in [1.82, 2.24) is 0 Å². The molecule has 1 aliphatic carbocycles. The Kier molecular flexibility index (Phi) is 3.05. The zero-order valence-electron chi connectivity index (χ0n) is 6.94. The highest BCUT2D eigenvalue weighted by Gasteiger charge is 2.31. The van der Waals surface area contributed by atoms with E-state index in [4.69, 9.17) is 15.9 Å². The highest BCUT2D eigenvalue weighted by molar-refractivity contribution is 5.72. The highest BCUT2D eigenvalue weighted by Crippen LogP contribution is 2.27. The van der Waals surface area contributed by atoms with Crippen LogP contribution < -0.4 is 5.73 Å². The molecule has 0 radical (unpaired) electrons. The Labute approximate surface area is 71.4 Å². The minimum absolute atomic E-state index is 0.191. The normalized spacial score (nSPS) is 23.8. The van der Waals surface area contributed by atoms with Gasteiger partial charge in [0, 0.05) is 6.04 Å². The molecule has 0 saturated heterocycles. The third-order valence-corrected chi connectivity index (χ3v) is 2.56. The fraction of sp³-hybridized carbons (Fsp3) is 0.875. The van der Waals surface area contributed by atoms with Crippen molar-refractivity contribution in [3.05, 3.63) is 0 Å². The first-order chi connectivity index (χ1) is 5.63. The van der Waals surface area contributed by atoms with Crippen LogP contribution in [0.25, 0.3) is 0 Å². The lowest BCUT2D eigenvalue weighted by molar-refractivity contribution is -0.148. The number of rotatable bonds is 3. The molecule has 0 heterocycles. The SMILES string of the molecule is N[C@H](C1CCCC1)[C@H](O)C(=O)O. The average Bonchev–Trinajstić information content (AvgIpc) is 2.53. The third kappa shape index (κ3) is 1.95. The standard InChI is InChI=1S/C8H15NO3/c9-6(7(10)8(11)12)5-3-1-2-4-5/h5-7,10H,1-4,9H2,(H,11,12)/t6-,7+/m1/s1. The van der Waals surface area contributed by atoms with Crippen molar-refractivity contribution in [2.24, 2.45) is 11.7 Å². The smallest absolute Gasteiger partial charge is 0.334 e. The van der Waals surface area contributed by atoms with E-state index in [0.29, 0.717) is 0 Å². The number of carboxylic acid groups (broad SMARTS) is 1. The summed E-state index contributed by atoms with van der Waals surface area (Å²) >= 11 is 0. The van der Waals surface area contributed by atoms with Crippen LogP contribution in [0, 0.1) is 5.92 Å². The Morgan fingerprint density at radius 3 is 2.33 bits per heavy atom. The number of aliphatic carboxylic acids is 1. The lowest BCUT2D eigenvalue weighted by atomic mass is 9.94. The molecule has 1 aliphatic rings. The molecule has 1 rings (SSSR count). The van der Waals surface area contributed by atoms with Crippen molar-refractivity contribution in [1.29, 1.82) is 0 Å². The summed E-state index contributed by atoms with van der Waals surface area (Å²) in [5.74, 6) is -1.02. The molecule has 0 amide bonds. The summed E-state index contributed by atoms with van der Waals surface area (Å²) in [4.78, 5) is 10.4. The van der Waals surface area contributed by atoms with Crippen molar-refractivity contribution >= 4 is 5.97 Å². The molecular weight excluding hydrogens is 158 g/mol. The molecule has 0 bridgehead atoms. The van der Waals surface area contributed by atoms with E-state index < -0.39 is 18.1 Å². The van der Waals surface area contributed by atoms with Crippen LogP contribution in [0.1, 0.15) is 25.7 Å². The zero-order valence-corrected chi connectivity index (χ0v) is 6.94. The first-order valence-corrected chi connectivity index (χ1v) is 4.29. The van der Waals surface area contributed by atoms with E-state index in [2.05, 4.69) is 0 Å². The monoisotopic (exact) mass is 173 g/mol. The van der Waals surface area contributed by atoms with Crippen LogP contribution in [-0.2, 0) is 4.79 Å². The second-order valence-corrected chi connectivity index (χ2v) is 3.40. The summed E-state index contributed by atoms with van der Waals surface area (Å²) in [6.07, 6.45) is 2.71. The molecular formula is C8H15NO3.